The second-order valence-corrected chi connectivity index (χ2v) is 7.81. The molecule has 4 aromatic rings. The van der Waals surface area contributed by atoms with Crippen LogP contribution in [0, 0.1) is 5.82 Å². The Labute approximate surface area is 152 Å². The summed E-state index contributed by atoms with van der Waals surface area (Å²) in [5, 5.41) is 0. The van der Waals surface area contributed by atoms with E-state index in [1.165, 1.54) is 40.9 Å². The number of hydrogen-bond acceptors (Lipinski definition) is 6. The molecule has 26 heavy (non-hydrogen) atoms. The van der Waals surface area contributed by atoms with E-state index in [1.54, 1.807) is 24.3 Å². The van der Waals surface area contributed by atoms with Crippen molar-refractivity contribution in [2.24, 2.45) is 0 Å². The van der Waals surface area contributed by atoms with Crippen LogP contribution in [0.1, 0.15) is 5.76 Å². The number of hydrogen-bond donors (Lipinski definition) is 0. The number of benzene rings is 2. The molecular formula is C17H12FN3O3S2. The molecule has 0 saturated heterocycles. The number of anilines is 1. The second-order valence-electron chi connectivity index (χ2n) is 5.46. The van der Waals surface area contributed by atoms with Crippen LogP contribution in [0.4, 0.5) is 10.1 Å². The fraction of sp³-hybridized carbons (Fsp3) is 0.0588. The van der Waals surface area contributed by atoms with Gasteiger partial charge in [-0.2, -0.15) is 8.75 Å². The topological polar surface area (TPSA) is 76.3 Å². The van der Waals surface area contributed by atoms with Crippen LogP contribution in [-0.2, 0) is 16.6 Å². The van der Waals surface area contributed by atoms with Gasteiger partial charge >= 0.3 is 0 Å². The minimum absolute atomic E-state index is 0.0328. The van der Waals surface area contributed by atoms with Crippen LogP contribution < -0.4 is 4.31 Å². The molecule has 2 heterocycles. The minimum atomic E-state index is -3.98. The van der Waals surface area contributed by atoms with Gasteiger partial charge in [0.25, 0.3) is 10.0 Å². The number of aromatic nitrogens is 2. The first-order valence-electron chi connectivity index (χ1n) is 7.58. The molecule has 0 fully saturated rings. The first kappa shape index (κ1) is 16.7. The molecule has 0 saturated carbocycles. The third kappa shape index (κ3) is 2.95. The van der Waals surface area contributed by atoms with Crippen LogP contribution in [0.3, 0.4) is 0 Å². The van der Waals surface area contributed by atoms with Crippen molar-refractivity contribution in [1.29, 1.82) is 0 Å². The minimum Gasteiger partial charge on any atom is -0.467 e. The smallest absolute Gasteiger partial charge is 0.267 e. The van der Waals surface area contributed by atoms with Gasteiger partial charge in [-0.3, -0.25) is 4.31 Å². The van der Waals surface area contributed by atoms with Gasteiger partial charge in [0, 0.05) is 0 Å². The quantitative estimate of drug-likeness (QED) is 0.519. The molecule has 0 atom stereocenters. The molecule has 0 aliphatic heterocycles. The highest BCUT2D eigenvalue weighted by molar-refractivity contribution is 7.93. The van der Waals surface area contributed by atoms with Gasteiger partial charge in [0.15, 0.2) is 0 Å². The van der Waals surface area contributed by atoms with Gasteiger partial charge in [0.05, 0.1) is 30.2 Å². The number of sulfonamides is 1. The van der Waals surface area contributed by atoms with Crippen molar-refractivity contribution >= 4 is 38.5 Å². The lowest BCUT2D eigenvalue weighted by molar-refractivity contribution is 0.508. The summed E-state index contributed by atoms with van der Waals surface area (Å²) in [6.07, 6.45) is 1.47. The fourth-order valence-electron chi connectivity index (χ4n) is 2.57. The zero-order chi connectivity index (χ0) is 18.1. The predicted octanol–water partition coefficient (Wildman–Crippen LogP) is 3.82. The molecule has 9 heteroatoms. The van der Waals surface area contributed by atoms with E-state index in [1.807, 2.05) is 0 Å². The van der Waals surface area contributed by atoms with E-state index in [-0.39, 0.29) is 11.4 Å². The molecule has 0 amide bonds. The fourth-order valence-corrected chi connectivity index (χ4v) is 4.76. The maximum Gasteiger partial charge on any atom is 0.267 e. The lowest BCUT2D eigenvalue weighted by atomic mass is 10.3. The van der Waals surface area contributed by atoms with Crippen LogP contribution in [0.25, 0.3) is 11.0 Å². The SMILES string of the molecule is O=S(=O)(c1cccc2nsnc12)N(Cc1ccco1)c1ccc(F)cc1. The van der Waals surface area contributed by atoms with E-state index in [2.05, 4.69) is 8.75 Å². The summed E-state index contributed by atoms with van der Waals surface area (Å²) >= 11 is 0.947. The van der Waals surface area contributed by atoms with Gasteiger partial charge in [0.1, 0.15) is 27.5 Å². The zero-order valence-corrected chi connectivity index (χ0v) is 14.9. The van der Waals surface area contributed by atoms with E-state index in [0.717, 1.165) is 11.7 Å². The number of halogens is 1. The monoisotopic (exact) mass is 389 g/mol. The van der Waals surface area contributed by atoms with Crippen LogP contribution in [0.15, 0.2) is 70.2 Å². The van der Waals surface area contributed by atoms with Crippen molar-refractivity contribution < 1.29 is 17.2 Å². The number of nitrogens with zero attached hydrogens (tertiary/aromatic N) is 3. The average molecular weight is 389 g/mol. The Morgan fingerprint density at radius 3 is 2.58 bits per heavy atom. The van der Waals surface area contributed by atoms with Crippen LogP contribution in [0.2, 0.25) is 0 Å². The molecule has 4 rings (SSSR count). The Balaban J connectivity index is 1.86. The lowest BCUT2D eigenvalue weighted by Gasteiger charge is -2.23. The van der Waals surface area contributed by atoms with E-state index >= 15 is 0 Å². The highest BCUT2D eigenvalue weighted by Gasteiger charge is 2.29. The number of rotatable bonds is 5. The molecule has 0 unspecified atom stereocenters. The van der Waals surface area contributed by atoms with E-state index in [4.69, 9.17) is 4.42 Å². The molecule has 2 aromatic heterocycles. The van der Waals surface area contributed by atoms with Gasteiger partial charge < -0.3 is 4.42 Å². The lowest BCUT2D eigenvalue weighted by Crippen LogP contribution is -2.30. The summed E-state index contributed by atoms with van der Waals surface area (Å²) in [5.41, 5.74) is 1.14. The molecular weight excluding hydrogens is 377 g/mol. The summed E-state index contributed by atoms with van der Waals surface area (Å²) in [7, 11) is -3.98. The summed E-state index contributed by atoms with van der Waals surface area (Å²) < 4.78 is 54.8. The largest absolute Gasteiger partial charge is 0.467 e. The Morgan fingerprint density at radius 2 is 1.85 bits per heavy atom. The second kappa shape index (κ2) is 6.50. The third-order valence-corrected chi connectivity index (χ3v) is 6.16. The Bertz CT molecular complexity index is 1140. The van der Waals surface area contributed by atoms with Gasteiger partial charge in [-0.25, -0.2) is 12.8 Å². The highest BCUT2D eigenvalue weighted by atomic mass is 32.2. The van der Waals surface area contributed by atoms with Crippen molar-refractivity contribution in [3.05, 3.63) is 72.4 Å². The molecule has 0 bridgehead atoms. The molecule has 0 aliphatic carbocycles. The maximum absolute atomic E-state index is 13.4. The summed E-state index contributed by atoms with van der Waals surface area (Å²) in [5.74, 6) is 0.0105. The molecule has 0 spiro atoms. The molecule has 0 radical (unpaired) electrons. The van der Waals surface area contributed by atoms with E-state index in [9.17, 15) is 12.8 Å². The third-order valence-electron chi connectivity index (χ3n) is 3.81. The van der Waals surface area contributed by atoms with Crippen molar-refractivity contribution in [3.8, 4) is 0 Å². The molecule has 2 aromatic carbocycles. The normalized spacial score (nSPS) is 11.7. The predicted molar refractivity (Wildman–Crippen MR) is 95.9 cm³/mol. The van der Waals surface area contributed by atoms with Gasteiger partial charge in [-0.1, -0.05) is 6.07 Å². The summed E-state index contributed by atoms with van der Waals surface area (Å²) in [4.78, 5) is 0.0413. The van der Waals surface area contributed by atoms with Crippen molar-refractivity contribution in [2.45, 2.75) is 11.4 Å². The maximum atomic E-state index is 13.4. The summed E-state index contributed by atoms with van der Waals surface area (Å²) in [6, 6.07) is 13.4. The Hall–Kier alpha value is -2.78. The van der Waals surface area contributed by atoms with E-state index in [0.29, 0.717) is 22.5 Å². The molecule has 6 nitrogen and oxygen atoms in total. The first-order chi connectivity index (χ1) is 12.6. The van der Waals surface area contributed by atoms with Crippen molar-refractivity contribution in [2.75, 3.05) is 4.31 Å². The van der Waals surface area contributed by atoms with Crippen molar-refractivity contribution in [3.63, 3.8) is 0 Å². The molecule has 0 N–H and O–H groups in total. The van der Waals surface area contributed by atoms with Crippen LogP contribution in [-0.4, -0.2) is 17.2 Å². The number of fused-ring (bicyclic) bond motifs is 1. The zero-order valence-electron chi connectivity index (χ0n) is 13.2. The first-order valence-corrected chi connectivity index (χ1v) is 9.75. The number of furan rings is 1. The van der Waals surface area contributed by atoms with Gasteiger partial charge in [-0.05, 0) is 48.5 Å². The highest BCUT2D eigenvalue weighted by Crippen LogP contribution is 2.30. The van der Waals surface area contributed by atoms with Crippen molar-refractivity contribution in [1.82, 2.24) is 8.75 Å². The van der Waals surface area contributed by atoms with Gasteiger partial charge in [0.2, 0.25) is 0 Å². The van der Waals surface area contributed by atoms with E-state index < -0.39 is 15.8 Å². The Morgan fingerprint density at radius 1 is 1.04 bits per heavy atom. The van der Waals surface area contributed by atoms with Crippen LogP contribution in [0.5, 0.6) is 0 Å². The van der Waals surface area contributed by atoms with Crippen LogP contribution >= 0.6 is 11.7 Å². The standard InChI is InChI=1S/C17H12FN3O3S2/c18-12-6-8-13(9-7-12)21(11-14-3-2-10-24-14)26(22,23)16-5-1-4-15-17(16)20-25-19-15/h1-10H,11H2. The molecule has 132 valence electrons. The average Bonchev–Trinajstić information content (AvgIpc) is 3.31. The Kier molecular flexibility index (Phi) is 4.17. The molecule has 0 aliphatic rings. The van der Waals surface area contributed by atoms with Gasteiger partial charge in [-0.15, -0.1) is 0 Å². The summed E-state index contributed by atoms with van der Waals surface area (Å²) in [6.45, 7) is -0.0328.